The largest absolute Gasteiger partial charge is 0.481 e. The summed E-state index contributed by atoms with van der Waals surface area (Å²) < 4.78 is 4.49. The van der Waals surface area contributed by atoms with E-state index in [0.717, 1.165) is 0 Å². The van der Waals surface area contributed by atoms with Gasteiger partial charge >= 0.3 is 18.0 Å². The molecule has 0 spiro atoms. The maximum Gasteiger partial charge on any atom is 0.325 e. The minimum Gasteiger partial charge on any atom is -0.481 e. The van der Waals surface area contributed by atoms with Gasteiger partial charge in [0.2, 0.25) is 0 Å². The lowest BCUT2D eigenvalue weighted by atomic mass is 10.1. The minimum atomic E-state index is -0.974. The van der Waals surface area contributed by atoms with Crippen LogP contribution in [0, 0.1) is 0 Å². The van der Waals surface area contributed by atoms with Crippen LogP contribution < -0.4 is 0 Å². The number of hydrogen-bond donors (Lipinski definition) is 1. The predicted molar refractivity (Wildman–Crippen MR) is 68.8 cm³/mol. The fraction of sp³-hybridized carbons (Fsp3) is 0.750. The molecule has 0 bridgehead atoms. The van der Waals surface area contributed by atoms with Crippen LogP contribution in [0.1, 0.15) is 27.2 Å². The van der Waals surface area contributed by atoms with Crippen LogP contribution in [-0.2, 0) is 14.3 Å². The molecule has 0 radical (unpaired) electrons. The number of aliphatic carboxylic acids is 1. The van der Waals surface area contributed by atoms with E-state index in [1.54, 1.807) is 20.8 Å². The molecule has 0 aliphatic rings. The van der Waals surface area contributed by atoms with Crippen LogP contribution in [0.4, 0.5) is 4.79 Å². The number of hydrogen-bond acceptors (Lipinski definition) is 4. The molecule has 2 amide bonds. The lowest BCUT2D eigenvalue weighted by Crippen LogP contribution is -2.52. The van der Waals surface area contributed by atoms with Crippen molar-refractivity contribution in [2.24, 2.45) is 0 Å². The van der Waals surface area contributed by atoms with Crippen molar-refractivity contribution in [2.75, 3.05) is 27.2 Å². The van der Waals surface area contributed by atoms with Gasteiger partial charge in [0.1, 0.15) is 6.54 Å². The Morgan fingerprint density at radius 2 is 1.74 bits per heavy atom. The van der Waals surface area contributed by atoms with Crippen LogP contribution in [0.3, 0.4) is 0 Å². The van der Waals surface area contributed by atoms with Gasteiger partial charge in [-0.25, -0.2) is 4.79 Å². The Bertz CT molecular complexity index is 349. The van der Waals surface area contributed by atoms with E-state index in [9.17, 15) is 14.4 Å². The number of carbonyl (C=O) groups excluding carboxylic acids is 2. The molecule has 0 heterocycles. The zero-order valence-electron chi connectivity index (χ0n) is 12.1. The highest BCUT2D eigenvalue weighted by Crippen LogP contribution is 2.16. The van der Waals surface area contributed by atoms with Gasteiger partial charge in [0, 0.05) is 19.1 Å². The van der Waals surface area contributed by atoms with E-state index >= 15 is 0 Å². The van der Waals surface area contributed by atoms with E-state index in [2.05, 4.69) is 4.74 Å². The van der Waals surface area contributed by atoms with Crippen LogP contribution in [-0.4, -0.2) is 65.7 Å². The monoisotopic (exact) mass is 274 g/mol. The smallest absolute Gasteiger partial charge is 0.325 e. The first-order valence-corrected chi connectivity index (χ1v) is 5.91. The summed E-state index contributed by atoms with van der Waals surface area (Å²) in [7, 11) is 2.71. The Morgan fingerprint density at radius 3 is 2.11 bits per heavy atom. The van der Waals surface area contributed by atoms with Crippen LogP contribution in [0.2, 0.25) is 0 Å². The van der Waals surface area contributed by atoms with E-state index in [4.69, 9.17) is 5.11 Å². The molecule has 1 N–H and O–H groups in total. The van der Waals surface area contributed by atoms with E-state index < -0.39 is 23.5 Å². The summed E-state index contributed by atoms with van der Waals surface area (Å²) in [5, 5.41) is 8.71. The molecule has 19 heavy (non-hydrogen) atoms. The van der Waals surface area contributed by atoms with Crippen LogP contribution >= 0.6 is 0 Å². The molecule has 0 aliphatic carbocycles. The number of nitrogens with zero attached hydrogens (tertiary/aromatic N) is 2. The predicted octanol–water partition coefficient (Wildman–Crippen LogP) is 0.786. The molecule has 110 valence electrons. The molecule has 0 aromatic carbocycles. The second-order valence-corrected chi connectivity index (χ2v) is 5.18. The fourth-order valence-corrected chi connectivity index (χ4v) is 1.46. The maximum atomic E-state index is 12.2. The number of amides is 2. The van der Waals surface area contributed by atoms with Gasteiger partial charge in [0.05, 0.1) is 13.5 Å². The summed E-state index contributed by atoms with van der Waals surface area (Å²) in [5.74, 6) is -1.50. The number of likely N-dealkylation sites (N-methyl/N-ethyl adjacent to an activating group) is 1. The molecular formula is C12H22N2O5. The number of methoxy groups -OCH3 is 1. The maximum absolute atomic E-state index is 12.2. The van der Waals surface area contributed by atoms with Crippen LogP contribution in [0.25, 0.3) is 0 Å². The van der Waals surface area contributed by atoms with Gasteiger partial charge in [-0.15, -0.1) is 0 Å². The third-order valence-corrected chi connectivity index (χ3v) is 2.51. The second kappa shape index (κ2) is 6.96. The zero-order valence-corrected chi connectivity index (χ0v) is 12.1. The highest BCUT2D eigenvalue weighted by molar-refractivity contribution is 5.81. The highest BCUT2D eigenvalue weighted by atomic mass is 16.5. The molecule has 0 saturated carbocycles. The average Bonchev–Trinajstić information content (AvgIpc) is 2.26. The number of carbonyl (C=O) groups is 3. The van der Waals surface area contributed by atoms with Crippen molar-refractivity contribution in [1.29, 1.82) is 0 Å². The van der Waals surface area contributed by atoms with E-state index in [-0.39, 0.29) is 19.5 Å². The van der Waals surface area contributed by atoms with Gasteiger partial charge in [-0.3, -0.25) is 9.59 Å². The summed E-state index contributed by atoms with van der Waals surface area (Å²) in [6, 6.07) is -0.404. The molecule has 0 aromatic rings. The number of carboxylic acids is 1. The Balaban J connectivity index is 4.80. The van der Waals surface area contributed by atoms with Gasteiger partial charge in [-0.05, 0) is 20.8 Å². The first kappa shape index (κ1) is 17.2. The van der Waals surface area contributed by atoms with Gasteiger partial charge < -0.3 is 19.6 Å². The number of rotatable bonds is 5. The minimum absolute atomic E-state index is 0.0865. The first-order chi connectivity index (χ1) is 8.59. The van der Waals surface area contributed by atoms with Crippen molar-refractivity contribution in [3.8, 4) is 0 Å². The van der Waals surface area contributed by atoms with Gasteiger partial charge in [-0.2, -0.15) is 0 Å². The SMILES string of the molecule is COC(=O)CN(C)C(=O)N(CCC(=O)O)C(C)(C)C. The molecule has 0 aromatic heterocycles. The lowest BCUT2D eigenvalue weighted by molar-refractivity contribution is -0.141. The summed E-state index contributed by atoms with van der Waals surface area (Å²) in [4.78, 5) is 36.6. The topological polar surface area (TPSA) is 87.2 Å². The molecule has 0 aliphatic heterocycles. The highest BCUT2D eigenvalue weighted by Gasteiger charge is 2.29. The van der Waals surface area contributed by atoms with Crippen molar-refractivity contribution in [3.63, 3.8) is 0 Å². The summed E-state index contributed by atoms with van der Waals surface area (Å²) in [5.41, 5.74) is -0.531. The third-order valence-electron chi connectivity index (χ3n) is 2.51. The van der Waals surface area contributed by atoms with Gasteiger partial charge in [0.15, 0.2) is 0 Å². The van der Waals surface area contributed by atoms with E-state index in [0.29, 0.717) is 0 Å². The fourth-order valence-electron chi connectivity index (χ4n) is 1.46. The van der Waals surface area contributed by atoms with Gasteiger partial charge in [-0.1, -0.05) is 0 Å². The van der Waals surface area contributed by atoms with Crippen molar-refractivity contribution in [3.05, 3.63) is 0 Å². The Kier molecular flexibility index (Phi) is 6.31. The standard InChI is InChI=1S/C12H22N2O5/c1-12(2,3)14(7-6-9(15)16)11(18)13(4)8-10(17)19-5/h6-8H2,1-5H3,(H,15,16). The summed E-state index contributed by atoms with van der Waals surface area (Å²) in [6.07, 6.45) is -0.144. The number of esters is 1. The van der Waals surface area contributed by atoms with Gasteiger partial charge in [0.25, 0.3) is 0 Å². The molecule has 0 atom stereocenters. The molecule has 7 nitrogen and oxygen atoms in total. The quantitative estimate of drug-likeness (QED) is 0.749. The Labute approximate surface area is 113 Å². The van der Waals surface area contributed by atoms with Crippen LogP contribution in [0.5, 0.6) is 0 Å². The second-order valence-electron chi connectivity index (χ2n) is 5.18. The number of carboxylic acid groups (broad SMARTS) is 1. The molecule has 0 unspecified atom stereocenters. The van der Waals surface area contributed by atoms with E-state index in [1.807, 2.05) is 0 Å². The van der Waals surface area contributed by atoms with E-state index in [1.165, 1.54) is 24.0 Å². The molecule has 0 rings (SSSR count). The zero-order chi connectivity index (χ0) is 15.2. The summed E-state index contributed by atoms with van der Waals surface area (Å²) in [6.45, 7) is 5.33. The Hall–Kier alpha value is -1.79. The van der Waals surface area contributed by atoms with Crippen molar-refractivity contribution < 1.29 is 24.2 Å². The van der Waals surface area contributed by atoms with Crippen molar-refractivity contribution in [2.45, 2.75) is 32.7 Å². The first-order valence-electron chi connectivity index (χ1n) is 5.91. The average molecular weight is 274 g/mol. The summed E-state index contributed by atoms with van der Waals surface area (Å²) >= 11 is 0. The van der Waals surface area contributed by atoms with Crippen molar-refractivity contribution in [1.82, 2.24) is 9.80 Å². The molecule has 0 fully saturated rings. The lowest BCUT2D eigenvalue weighted by Gasteiger charge is -2.37. The Morgan fingerprint density at radius 1 is 1.21 bits per heavy atom. The third kappa shape index (κ3) is 6.08. The number of urea groups is 1. The van der Waals surface area contributed by atoms with Crippen LogP contribution in [0.15, 0.2) is 0 Å². The molecular weight excluding hydrogens is 252 g/mol. The van der Waals surface area contributed by atoms with Crippen molar-refractivity contribution >= 4 is 18.0 Å². The number of ether oxygens (including phenoxy) is 1. The molecule has 7 heteroatoms. The normalized spacial score (nSPS) is 10.8. The molecule has 0 saturated heterocycles.